The molecule has 0 radical (unpaired) electrons. The van der Waals surface area contributed by atoms with Crippen LogP contribution in [-0.2, 0) is 4.79 Å². The van der Waals surface area contributed by atoms with Crippen LogP contribution in [-0.4, -0.2) is 55.0 Å². The number of hydrogen-bond donors (Lipinski definition) is 0. The number of hydrazone groups is 1. The number of benzene rings is 1. The van der Waals surface area contributed by atoms with Crippen LogP contribution in [0.1, 0.15) is 40.0 Å². The summed E-state index contributed by atoms with van der Waals surface area (Å²) in [6.07, 6.45) is -1.38. The number of aldehydes is 1. The number of anilines is 2. The Morgan fingerprint density at radius 3 is 2.55 bits per heavy atom. The normalized spacial score (nSPS) is 23.8. The molecule has 4 unspecified atom stereocenters. The predicted octanol–water partition coefficient (Wildman–Crippen LogP) is 6.15. The third-order valence-corrected chi connectivity index (χ3v) is 7.36. The molecule has 2 aliphatic heterocycles. The van der Waals surface area contributed by atoms with Crippen molar-refractivity contribution in [2.45, 2.75) is 58.4 Å². The molecule has 4 rings (SSSR count). The standard InChI is InChI=1S/C27H32ClF3N4O3/c1-4-20-22(11-13-36)35(33-26(20)27(29,30)31)18-6-8-19(9-7-18)38-24-10-12-34(16-17(24)3)23-14-25(37-5-2)32-15-21(23)28/h6-9,13-15,17,20,22,24H,4-5,10-12,16H2,1-3H3. The summed E-state index contributed by atoms with van der Waals surface area (Å²) in [6.45, 7) is 7.66. The molecule has 0 bridgehead atoms. The molecule has 2 aliphatic rings. The topological polar surface area (TPSA) is 67.3 Å². The van der Waals surface area contributed by atoms with E-state index in [4.69, 9.17) is 21.1 Å². The fourth-order valence-electron chi connectivity index (χ4n) is 5.21. The van der Waals surface area contributed by atoms with Gasteiger partial charge in [-0.25, -0.2) is 4.98 Å². The Morgan fingerprint density at radius 1 is 1.21 bits per heavy atom. The molecule has 4 atom stereocenters. The van der Waals surface area contributed by atoms with Crippen LogP contribution in [0, 0.1) is 11.8 Å². The van der Waals surface area contributed by atoms with Gasteiger partial charge in [0, 0.05) is 43.8 Å². The van der Waals surface area contributed by atoms with E-state index in [1.54, 1.807) is 37.4 Å². The van der Waals surface area contributed by atoms with Crippen LogP contribution in [0.2, 0.25) is 5.02 Å². The number of rotatable bonds is 9. The lowest BCUT2D eigenvalue weighted by molar-refractivity contribution is -0.108. The van der Waals surface area contributed by atoms with Crippen LogP contribution in [0.3, 0.4) is 0 Å². The van der Waals surface area contributed by atoms with Gasteiger partial charge in [-0.2, -0.15) is 18.3 Å². The van der Waals surface area contributed by atoms with Gasteiger partial charge in [0.2, 0.25) is 5.88 Å². The van der Waals surface area contributed by atoms with E-state index < -0.39 is 23.8 Å². The minimum atomic E-state index is -4.55. The van der Waals surface area contributed by atoms with Gasteiger partial charge in [0.25, 0.3) is 0 Å². The van der Waals surface area contributed by atoms with E-state index in [0.717, 1.165) is 25.2 Å². The Kier molecular flexibility index (Phi) is 8.70. The van der Waals surface area contributed by atoms with Gasteiger partial charge in [0.1, 0.15) is 23.9 Å². The fourth-order valence-corrected chi connectivity index (χ4v) is 5.43. The van der Waals surface area contributed by atoms with Crippen molar-refractivity contribution in [2.75, 3.05) is 29.6 Å². The second-order valence-electron chi connectivity index (χ2n) is 9.58. The predicted molar refractivity (Wildman–Crippen MR) is 141 cm³/mol. The third-order valence-electron chi connectivity index (χ3n) is 7.07. The first-order valence-electron chi connectivity index (χ1n) is 12.8. The first-order valence-corrected chi connectivity index (χ1v) is 13.2. The van der Waals surface area contributed by atoms with Gasteiger partial charge in [-0.1, -0.05) is 25.4 Å². The molecule has 11 heteroatoms. The maximum atomic E-state index is 13.6. The SMILES string of the molecule is CCOc1cc(N2CCC(Oc3ccc(N4N=C(C(F)(F)F)C(CC)C4CC=O)cc3)C(C)C2)c(Cl)cn1. The van der Waals surface area contributed by atoms with E-state index in [-0.39, 0.29) is 24.9 Å². The molecular weight excluding hydrogens is 521 g/mol. The quantitative estimate of drug-likeness (QED) is 0.348. The number of halogens is 4. The Bertz CT molecular complexity index is 1150. The van der Waals surface area contributed by atoms with Gasteiger partial charge in [-0.3, -0.25) is 5.01 Å². The number of pyridine rings is 1. The zero-order valence-corrected chi connectivity index (χ0v) is 22.4. The zero-order valence-electron chi connectivity index (χ0n) is 21.6. The molecule has 2 aromatic rings. The molecule has 0 aliphatic carbocycles. The molecule has 7 nitrogen and oxygen atoms in total. The Balaban J connectivity index is 1.44. The second-order valence-corrected chi connectivity index (χ2v) is 9.99. The molecule has 206 valence electrons. The van der Waals surface area contributed by atoms with Crippen molar-refractivity contribution < 1.29 is 27.4 Å². The summed E-state index contributed by atoms with van der Waals surface area (Å²) in [7, 11) is 0. The summed E-state index contributed by atoms with van der Waals surface area (Å²) >= 11 is 6.41. The Morgan fingerprint density at radius 2 is 1.95 bits per heavy atom. The van der Waals surface area contributed by atoms with Crippen molar-refractivity contribution in [1.29, 1.82) is 0 Å². The van der Waals surface area contributed by atoms with Crippen LogP contribution >= 0.6 is 11.6 Å². The summed E-state index contributed by atoms with van der Waals surface area (Å²) in [4.78, 5) is 17.6. The first kappa shape index (κ1) is 28.0. The van der Waals surface area contributed by atoms with Gasteiger partial charge in [0.15, 0.2) is 0 Å². The summed E-state index contributed by atoms with van der Waals surface area (Å²) < 4.78 is 52.5. The van der Waals surface area contributed by atoms with E-state index in [1.807, 2.05) is 13.0 Å². The number of carbonyl (C=O) groups is 1. The number of nitrogens with zero attached hydrogens (tertiary/aromatic N) is 4. The Hall–Kier alpha value is -3.01. The number of ether oxygens (including phenoxy) is 2. The molecule has 38 heavy (non-hydrogen) atoms. The van der Waals surface area contributed by atoms with E-state index in [9.17, 15) is 18.0 Å². The highest BCUT2D eigenvalue weighted by molar-refractivity contribution is 6.33. The molecule has 0 amide bonds. The van der Waals surface area contributed by atoms with Crippen LogP contribution in [0.5, 0.6) is 11.6 Å². The summed E-state index contributed by atoms with van der Waals surface area (Å²) in [5.41, 5.74) is 0.525. The van der Waals surface area contributed by atoms with E-state index in [0.29, 0.717) is 35.2 Å². The molecule has 0 N–H and O–H groups in total. The molecule has 1 fully saturated rings. The van der Waals surface area contributed by atoms with Crippen molar-refractivity contribution in [3.63, 3.8) is 0 Å². The lowest BCUT2D eigenvalue weighted by atomic mass is 9.90. The minimum absolute atomic E-state index is 0.0382. The Labute approximate surface area is 225 Å². The van der Waals surface area contributed by atoms with E-state index >= 15 is 0 Å². The third kappa shape index (κ3) is 6.00. The second kappa shape index (κ2) is 11.8. The minimum Gasteiger partial charge on any atom is -0.490 e. The van der Waals surface area contributed by atoms with Crippen molar-refractivity contribution in [1.82, 2.24) is 4.98 Å². The highest BCUT2D eigenvalue weighted by Gasteiger charge is 2.49. The molecule has 1 aromatic carbocycles. The number of piperidine rings is 1. The average molecular weight is 553 g/mol. The van der Waals surface area contributed by atoms with E-state index in [1.165, 1.54) is 5.01 Å². The summed E-state index contributed by atoms with van der Waals surface area (Å²) in [6, 6.07) is 8.03. The number of carbonyl (C=O) groups excluding carboxylic acids is 1. The van der Waals surface area contributed by atoms with E-state index in [2.05, 4.69) is 21.9 Å². The molecule has 1 saturated heterocycles. The lowest BCUT2D eigenvalue weighted by Crippen LogP contribution is -2.44. The van der Waals surface area contributed by atoms with Crippen molar-refractivity contribution in [3.05, 3.63) is 41.6 Å². The average Bonchev–Trinajstić information content (AvgIpc) is 3.26. The summed E-state index contributed by atoms with van der Waals surface area (Å²) in [5.74, 6) is 0.477. The maximum Gasteiger partial charge on any atom is 0.431 e. The van der Waals surface area contributed by atoms with Gasteiger partial charge < -0.3 is 19.2 Å². The van der Waals surface area contributed by atoms with Gasteiger partial charge in [-0.05, 0) is 37.6 Å². The summed E-state index contributed by atoms with van der Waals surface area (Å²) in [5, 5.41) is 5.78. The smallest absolute Gasteiger partial charge is 0.431 e. The molecule has 0 spiro atoms. The molecule has 1 aromatic heterocycles. The van der Waals surface area contributed by atoms with Crippen LogP contribution in [0.15, 0.2) is 41.6 Å². The monoisotopic (exact) mass is 552 g/mol. The van der Waals surface area contributed by atoms with Crippen LogP contribution in [0.4, 0.5) is 24.5 Å². The first-order chi connectivity index (χ1) is 18.2. The molecule has 0 saturated carbocycles. The highest BCUT2D eigenvalue weighted by atomic mass is 35.5. The van der Waals surface area contributed by atoms with Crippen LogP contribution in [0.25, 0.3) is 0 Å². The molecular formula is C27H32ClF3N4O3. The molecule has 3 heterocycles. The van der Waals surface area contributed by atoms with Crippen molar-refractivity contribution in [3.8, 4) is 11.6 Å². The highest BCUT2D eigenvalue weighted by Crippen LogP contribution is 2.38. The van der Waals surface area contributed by atoms with Crippen LogP contribution < -0.4 is 19.4 Å². The largest absolute Gasteiger partial charge is 0.490 e. The van der Waals surface area contributed by atoms with Crippen molar-refractivity contribution >= 4 is 35.0 Å². The number of aromatic nitrogens is 1. The van der Waals surface area contributed by atoms with Crippen molar-refractivity contribution in [2.24, 2.45) is 16.9 Å². The number of alkyl halides is 3. The zero-order chi connectivity index (χ0) is 27.4. The maximum absolute atomic E-state index is 13.6. The van der Waals surface area contributed by atoms with Gasteiger partial charge >= 0.3 is 6.18 Å². The lowest BCUT2D eigenvalue weighted by Gasteiger charge is -2.38. The number of hydrogen-bond acceptors (Lipinski definition) is 7. The van der Waals surface area contributed by atoms with Gasteiger partial charge in [-0.15, -0.1) is 0 Å². The van der Waals surface area contributed by atoms with Gasteiger partial charge in [0.05, 0.1) is 35.2 Å². The fraction of sp³-hybridized carbons (Fsp3) is 0.519.